The van der Waals surface area contributed by atoms with Crippen LogP contribution in [0.4, 0.5) is 13.2 Å². The molecular formula is C14H13F3INO. The lowest BCUT2D eigenvalue weighted by Crippen LogP contribution is -2.42. The van der Waals surface area contributed by atoms with Crippen molar-refractivity contribution in [3.63, 3.8) is 0 Å². The van der Waals surface area contributed by atoms with E-state index in [0.29, 0.717) is 0 Å². The first kappa shape index (κ1) is 14.2. The van der Waals surface area contributed by atoms with Crippen molar-refractivity contribution < 1.29 is 18.0 Å². The van der Waals surface area contributed by atoms with Crippen molar-refractivity contribution in [2.24, 2.45) is 0 Å². The number of rotatable bonds is 0. The van der Waals surface area contributed by atoms with E-state index in [0.717, 1.165) is 32.4 Å². The highest BCUT2D eigenvalue weighted by Gasteiger charge is 2.46. The number of carbonyl (C=O) groups excluding carboxylic acids is 1. The van der Waals surface area contributed by atoms with Gasteiger partial charge in [-0.2, -0.15) is 13.2 Å². The first-order valence-corrected chi connectivity index (χ1v) is 7.59. The molecule has 0 radical (unpaired) electrons. The molecule has 2 nitrogen and oxygen atoms in total. The third-order valence-electron chi connectivity index (χ3n) is 4.20. The van der Waals surface area contributed by atoms with Crippen LogP contribution >= 0.6 is 22.6 Å². The highest BCUT2D eigenvalue weighted by atomic mass is 127. The Balaban J connectivity index is 1.95. The Morgan fingerprint density at radius 2 is 1.75 bits per heavy atom. The van der Waals surface area contributed by atoms with E-state index in [4.69, 9.17) is 0 Å². The van der Waals surface area contributed by atoms with Crippen molar-refractivity contribution >= 4 is 28.5 Å². The van der Waals surface area contributed by atoms with Gasteiger partial charge in [0.15, 0.2) is 0 Å². The molecule has 0 saturated carbocycles. The van der Waals surface area contributed by atoms with Gasteiger partial charge in [0.2, 0.25) is 0 Å². The van der Waals surface area contributed by atoms with Crippen LogP contribution in [0.15, 0.2) is 18.2 Å². The van der Waals surface area contributed by atoms with E-state index in [1.807, 2.05) is 18.2 Å². The van der Waals surface area contributed by atoms with Crippen LogP contribution in [-0.2, 0) is 4.79 Å². The van der Waals surface area contributed by atoms with E-state index in [9.17, 15) is 18.0 Å². The maximum absolute atomic E-state index is 12.6. The van der Waals surface area contributed by atoms with Crippen molar-refractivity contribution in [3.8, 4) is 0 Å². The van der Waals surface area contributed by atoms with Crippen LogP contribution < -0.4 is 0 Å². The number of carbonyl (C=O) groups is 1. The van der Waals surface area contributed by atoms with Gasteiger partial charge in [0.25, 0.3) is 0 Å². The summed E-state index contributed by atoms with van der Waals surface area (Å²) < 4.78 is 39.0. The zero-order valence-corrected chi connectivity index (χ0v) is 12.7. The molecule has 0 aromatic heterocycles. The summed E-state index contributed by atoms with van der Waals surface area (Å²) in [5, 5.41) is 0. The molecule has 1 saturated heterocycles. The largest absolute Gasteiger partial charge is 0.471 e. The van der Waals surface area contributed by atoms with Crippen LogP contribution in [-0.4, -0.2) is 30.1 Å². The first-order valence-electron chi connectivity index (χ1n) is 6.51. The minimum Gasteiger partial charge on any atom is -0.334 e. The highest BCUT2D eigenvalue weighted by Crippen LogP contribution is 2.43. The Morgan fingerprint density at radius 3 is 2.35 bits per heavy atom. The average Bonchev–Trinajstić information content (AvgIpc) is 2.67. The van der Waals surface area contributed by atoms with Crippen LogP contribution in [0.3, 0.4) is 0 Å². The van der Waals surface area contributed by atoms with Crippen LogP contribution in [0, 0.1) is 3.57 Å². The predicted molar refractivity (Wildman–Crippen MR) is 76.5 cm³/mol. The molecule has 108 valence electrons. The molecular weight excluding hydrogens is 382 g/mol. The smallest absolute Gasteiger partial charge is 0.334 e. The van der Waals surface area contributed by atoms with Gasteiger partial charge in [0, 0.05) is 28.5 Å². The summed E-state index contributed by atoms with van der Waals surface area (Å²) >= 11 is 2.21. The average molecular weight is 395 g/mol. The molecule has 4 rings (SSSR count). The normalized spacial score (nSPS) is 25.3. The van der Waals surface area contributed by atoms with Gasteiger partial charge in [-0.15, -0.1) is 0 Å². The molecule has 2 aliphatic heterocycles. The van der Waals surface area contributed by atoms with Gasteiger partial charge in [-0.25, -0.2) is 0 Å². The lowest BCUT2D eigenvalue weighted by molar-refractivity contribution is -0.185. The molecule has 1 amide bonds. The summed E-state index contributed by atoms with van der Waals surface area (Å²) in [7, 11) is 0. The fourth-order valence-corrected chi connectivity index (χ4v) is 3.83. The van der Waals surface area contributed by atoms with E-state index in [1.165, 1.54) is 0 Å². The molecule has 0 N–H and O–H groups in total. The monoisotopic (exact) mass is 395 g/mol. The van der Waals surface area contributed by atoms with Gasteiger partial charge >= 0.3 is 12.1 Å². The van der Waals surface area contributed by atoms with Crippen molar-refractivity contribution in [3.05, 3.63) is 32.9 Å². The Labute approximate surface area is 128 Å². The number of fused-ring (bicyclic) bond motifs is 3. The second kappa shape index (κ2) is 4.89. The minimum atomic E-state index is -4.77. The number of amides is 1. The van der Waals surface area contributed by atoms with Gasteiger partial charge in [-0.3, -0.25) is 4.79 Å². The van der Waals surface area contributed by atoms with Crippen LogP contribution in [0.2, 0.25) is 0 Å². The number of nitrogens with zero attached hydrogens (tertiary/aromatic N) is 1. The molecule has 20 heavy (non-hydrogen) atoms. The van der Waals surface area contributed by atoms with Gasteiger partial charge in [0.05, 0.1) is 0 Å². The maximum Gasteiger partial charge on any atom is 0.471 e. The van der Waals surface area contributed by atoms with Crippen LogP contribution in [0.25, 0.3) is 0 Å². The standard InChI is InChI=1S/C14H13F3INO/c15-14(16,17)13(20)19-6-8-1-2-9(7-19)12-5-10(18)3-4-11(8)12/h3-5,8-9H,1-2,6-7H2. The molecule has 2 unspecified atom stereocenters. The fourth-order valence-electron chi connectivity index (χ4n) is 3.32. The third kappa shape index (κ3) is 2.42. The summed E-state index contributed by atoms with van der Waals surface area (Å²) in [6, 6.07) is 6.04. The summed E-state index contributed by atoms with van der Waals surface area (Å²) in [4.78, 5) is 12.5. The van der Waals surface area contributed by atoms with Crippen molar-refractivity contribution in [1.82, 2.24) is 4.90 Å². The third-order valence-corrected chi connectivity index (χ3v) is 4.87. The van der Waals surface area contributed by atoms with E-state index in [1.54, 1.807) is 0 Å². The number of halogens is 4. The van der Waals surface area contributed by atoms with E-state index >= 15 is 0 Å². The molecule has 3 aliphatic rings. The summed E-state index contributed by atoms with van der Waals surface area (Å²) in [5.41, 5.74) is 2.25. The quantitative estimate of drug-likeness (QED) is 0.615. The van der Waals surface area contributed by atoms with Crippen molar-refractivity contribution in [1.29, 1.82) is 0 Å². The molecule has 2 atom stereocenters. The van der Waals surface area contributed by atoms with Crippen molar-refractivity contribution in [2.75, 3.05) is 13.1 Å². The first-order chi connectivity index (χ1) is 9.36. The predicted octanol–water partition coefficient (Wildman–Crippen LogP) is 3.66. The number of alkyl halides is 3. The topological polar surface area (TPSA) is 20.3 Å². The second-order valence-corrected chi connectivity index (χ2v) is 6.70. The molecule has 1 fully saturated rings. The molecule has 6 heteroatoms. The number of hydrogen-bond acceptors (Lipinski definition) is 1. The minimum absolute atomic E-state index is 0.0322. The molecule has 2 bridgehead atoms. The Hall–Kier alpha value is -0.790. The SMILES string of the molecule is O=C(N1CC2CCC(C1)c1cc(I)ccc12)C(F)(F)F. The molecule has 2 heterocycles. The number of hydrogen-bond donors (Lipinski definition) is 0. The van der Waals surface area contributed by atoms with E-state index in [-0.39, 0.29) is 24.9 Å². The molecule has 0 spiro atoms. The molecule has 1 aromatic rings. The summed E-state index contributed by atoms with van der Waals surface area (Å²) in [5.74, 6) is -1.63. The van der Waals surface area contributed by atoms with Crippen molar-refractivity contribution in [2.45, 2.75) is 30.9 Å². The maximum atomic E-state index is 12.6. The highest BCUT2D eigenvalue weighted by molar-refractivity contribution is 14.1. The summed E-state index contributed by atoms with van der Waals surface area (Å²) in [6.45, 7) is 0.365. The van der Waals surface area contributed by atoms with Crippen LogP contribution in [0.5, 0.6) is 0 Å². The lowest BCUT2D eigenvalue weighted by Gasteiger charge is -2.26. The van der Waals surface area contributed by atoms with E-state index in [2.05, 4.69) is 22.6 Å². The Kier molecular flexibility index (Phi) is 3.46. The Morgan fingerprint density at radius 1 is 1.15 bits per heavy atom. The van der Waals surface area contributed by atoms with Gasteiger partial charge in [-0.1, -0.05) is 6.07 Å². The van der Waals surface area contributed by atoms with E-state index < -0.39 is 12.1 Å². The van der Waals surface area contributed by atoms with Crippen LogP contribution in [0.1, 0.15) is 35.8 Å². The Bertz CT molecular complexity index is 558. The van der Waals surface area contributed by atoms with Gasteiger partial charge < -0.3 is 4.90 Å². The summed E-state index contributed by atoms with van der Waals surface area (Å²) in [6.07, 6.45) is -3.05. The zero-order valence-electron chi connectivity index (χ0n) is 10.6. The van der Waals surface area contributed by atoms with Gasteiger partial charge in [0.1, 0.15) is 0 Å². The fraction of sp³-hybridized carbons (Fsp3) is 0.500. The zero-order chi connectivity index (χ0) is 14.5. The molecule has 1 aromatic carbocycles. The number of benzene rings is 1. The molecule has 1 aliphatic carbocycles. The second-order valence-electron chi connectivity index (χ2n) is 5.45. The lowest BCUT2D eigenvalue weighted by atomic mass is 9.78. The van der Waals surface area contributed by atoms with Gasteiger partial charge in [-0.05, 0) is 58.7 Å².